The van der Waals surface area contributed by atoms with E-state index in [-0.39, 0.29) is 5.91 Å². The van der Waals surface area contributed by atoms with E-state index in [2.05, 4.69) is 10.3 Å². The van der Waals surface area contributed by atoms with Crippen molar-refractivity contribution in [2.75, 3.05) is 14.2 Å². The maximum atomic E-state index is 11.9. The third-order valence-electron chi connectivity index (χ3n) is 3.26. The first kappa shape index (κ1) is 15.8. The minimum absolute atomic E-state index is 0.00522. The molecule has 1 heterocycles. The number of pyridine rings is 1. The Morgan fingerprint density at radius 1 is 1.14 bits per heavy atom. The van der Waals surface area contributed by atoms with Crippen LogP contribution in [0.1, 0.15) is 17.5 Å². The molecule has 0 aliphatic heterocycles. The van der Waals surface area contributed by atoms with Gasteiger partial charge in [-0.1, -0.05) is 6.07 Å². The van der Waals surface area contributed by atoms with Gasteiger partial charge < -0.3 is 14.8 Å². The summed E-state index contributed by atoms with van der Waals surface area (Å²) in [5.74, 6) is 1.46. The predicted molar refractivity (Wildman–Crippen MR) is 84.0 cm³/mol. The number of nitrogens with one attached hydrogen (secondary N) is 1. The van der Waals surface area contributed by atoms with Crippen LogP contribution in [0.2, 0.25) is 0 Å². The summed E-state index contributed by atoms with van der Waals surface area (Å²) in [5, 5.41) is 2.88. The lowest BCUT2D eigenvalue weighted by atomic mass is 10.1. The molecular formula is C17H20N2O3. The van der Waals surface area contributed by atoms with Gasteiger partial charge >= 0.3 is 0 Å². The van der Waals surface area contributed by atoms with Crippen LogP contribution in [0.15, 0.2) is 42.7 Å². The van der Waals surface area contributed by atoms with Crippen LogP contribution in [0.25, 0.3) is 0 Å². The summed E-state index contributed by atoms with van der Waals surface area (Å²) in [6.07, 6.45) is 4.50. The number of hydrogen-bond donors (Lipinski definition) is 1. The number of ether oxygens (including phenoxy) is 2. The molecule has 0 atom stereocenters. The second kappa shape index (κ2) is 8.02. The fourth-order valence-corrected chi connectivity index (χ4v) is 2.06. The van der Waals surface area contributed by atoms with Crippen molar-refractivity contribution in [1.82, 2.24) is 10.3 Å². The second-order valence-corrected chi connectivity index (χ2v) is 4.86. The van der Waals surface area contributed by atoms with Crippen molar-refractivity contribution in [1.29, 1.82) is 0 Å². The Kier molecular flexibility index (Phi) is 5.77. The van der Waals surface area contributed by atoms with Crippen molar-refractivity contribution < 1.29 is 14.3 Å². The quantitative estimate of drug-likeness (QED) is 0.852. The Balaban J connectivity index is 1.85. The van der Waals surface area contributed by atoms with Crippen LogP contribution in [0.3, 0.4) is 0 Å². The van der Waals surface area contributed by atoms with Crippen LogP contribution in [-0.2, 0) is 17.8 Å². The number of aryl methyl sites for hydroxylation is 1. The molecule has 0 spiro atoms. The number of amides is 1. The fraction of sp³-hybridized carbons (Fsp3) is 0.294. The van der Waals surface area contributed by atoms with Crippen molar-refractivity contribution in [3.05, 3.63) is 53.9 Å². The third kappa shape index (κ3) is 4.77. The summed E-state index contributed by atoms with van der Waals surface area (Å²) in [4.78, 5) is 15.9. The van der Waals surface area contributed by atoms with E-state index in [4.69, 9.17) is 9.47 Å². The molecule has 0 radical (unpaired) electrons. The van der Waals surface area contributed by atoms with E-state index < -0.39 is 0 Å². The maximum Gasteiger partial charge on any atom is 0.220 e. The first-order chi connectivity index (χ1) is 10.7. The number of nitrogens with zero attached hydrogens (tertiary/aromatic N) is 1. The number of carbonyl (C=O) groups excluding carboxylic acids is 1. The van der Waals surface area contributed by atoms with Crippen LogP contribution in [0.4, 0.5) is 0 Å². The van der Waals surface area contributed by atoms with Crippen LogP contribution >= 0.6 is 0 Å². The van der Waals surface area contributed by atoms with Gasteiger partial charge in [0.05, 0.1) is 14.2 Å². The van der Waals surface area contributed by atoms with Gasteiger partial charge in [0.25, 0.3) is 0 Å². The Morgan fingerprint density at radius 2 is 1.86 bits per heavy atom. The first-order valence-corrected chi connectivity index (χ1v) is 7.09. The van der Waals surface area contributed by atoms with E-state index in [0.717, 1.165) is 22.6 Å². The molecule has 1 aromatic heterocycles. The standard InChI is InChI=1S/C17H20N2O3/c1-21-15-8-13(9-16(10-15)22-2)5-6-17(20)19-12-14-4-3-7-18-11-14/h3-4,7-11H,5-6,12H2,1-2H3,(H,19,20). The van der Waals surface area contributed by atoms with E-state index in [1.807, 2.05) is 30.3 Å². The summed E-state index contributed by atoms with van der Waals surface area (Å²) in [7, 11) is 3.22. The molecule has 22 heavy (non-hydrogen) atoms. The molecule has 0 saturated carbocycles. The molecule has 5 nitrogen and oxygen atoms in total. The highest BCUT2D eigenvalue weighted by Crippen LogP contribution is 2.23. The SMILES string of the molecule is COc1cc(CCC(=O)NCc2cccnc2)cc(OC)c1. The van der Waals surface area contributed by atoms with E-state index in [1.54, 1.807) is 26.6 Å². The summed E-state index contributed by atoms with van der Waals surface area (Å²) >= 11 is 0. The minimum atomic E-state index is 0.00522. The number of methoxy groups -OCH3 is 2. The molecule has 0 unspecified atom stereocenters. The lowest BCUT2D eigenvalue weighted by Gasteiger charge is -2.09. The molecule has 0 bridgehead atoms. The minimum Gasteiger partial charge on any atom is -0.497 e. The fourth-order valence-electron chi connectivity index (χ4n) is 2.06. The van der Waals surface area contributed by atoms with Crippen molar-refractivity contribution in [3.8, 4) is 11.5 Å². The van der Waals surface area contributed by atoms with Crippen LogP contribution < -0.4 is 14.8 Å². The average molecular weight is 300 g/mol. The Hall–Kier alpha value is -2.56. The van der Waals surface area contributed by atoms with Gasteiger partial charge in [0.15, 0.2) is 0 Å². The summed E-state index contributed by atoms with van der Waals surface area (Å²) < 4.78 is 10.4. The van der Waals surface area contributed by atoms with Gasteiger partial charge in [-0.15, -0.1) is 0 Å². The van der Waals surface area contributed by atoms with E-state index >= 15 is 0 Å². The zero-order valence-electron chi connectivity index (χ0n) is 12.8. The Morgan fingerprint density at radius 3 is 2.45 bits per heavy atom. The molecule has 1 aromatic carbocycles. The molecular weight excluding hydrogens is 280 g/mol. The number of rotatable bonds is 7. The van der Waals surface area contributed by atoms with Gasteiger partial charge in [0.1, 0.15) is 11.5 Å². The molecule has 2 aromatic rings. The molecule has 0 aliphatic carbocycles. The summed E-state index contributed by atoms with van der Waals surface area (Å²) in [6, 6.07) is 9.42. The second-order valence-electron chi connectivity index (χ2n) is 4.86. The Bertz CT molecular complexity index is 592. The highest BCUT2D eigenvalue weighted by atomic mass is 16.5. The molecule has 1 N–H and O–H groups in total. The van der Waals surface area contributed by atoms with E-state index in [1.165, 1.54) is 0 Å². The monoisotopic (exact) mass is 300 g/mol. The molecule has 116 valence electrons. The molecule has 5 heteroatoms. The van der Waals surface area contributed by atoms with Crippen LogP contribution in [-0.4, -0.2) is 25.1 Å². The molecule has 0 aliphatic rings. The number of aromatic nitrogens is 1. The first-order valence-electron chi connectivity index (χ1n) is 7.09. The predicted octanol–water partition coefficient (Wildman–Crippen LogP) is 2.35. The topological polar surface area (TPSA) is 60.5 Å². The maximum absolute atomic E-state index is 11.9. The molecule has 2 rings (SSSR count). The smallest absolute Gasteiger partial charge is 0.220 e. The van der Waals surface area contributed by atoms with Gasteiger partial charge in [-0.2, -0.15) is 0 Å². The van der Waals surface area contributed by atoms with Gasteiger partial charge in [0, 0.05) is 31.4 Å². The van der Waals surface area contributed by atoms with Crippen LogP contribution in [0.5, 0.6) is 11.5 Å². The van der Waals surface area contributed by atoms with Crippen molar-refractivity contribution >= 4 is 5.91 Å². The zero-order valence-corrected chi connectivity index (χ0v) is 12.8. The van der Waals surface area contributed by atoms with Gasteiger partial charge in [-0.25, -0.2) is 0 Å². The number of hydrogen-bond acceptors (Lipinski definition) is 4. The van der Waals surface area contributed by atoms with E-state index in [0.29, 0.717) is 19.4 Å². The molecule has 0 saturated heterocycles. The number of carbonyl (C=O) groups is 1. The largest absolute Gasteiger partial charge is 0.497 e. The zero-order chi connectivity index (χ0) is 15.8. The van der Waals surface area contributed by atoms with Crippen LogP contribution in [0, 0.1) is 0 Å². The van der Waals surface area contributed by atoms with Crippen molar-refractivity contribution in [2.24, 2.45) is 0 Å². The normalized spacial score (nSPS) is 10.1. The van der Waals surface area contributed by atoms with Crippen molar-refractivity contribution in [3.63, 3.8) is 0 Å². The van der Waals surface area contributed by atoms with Gasteiger partial charge in [-0.05, 0) is 35.7 Å². The summed E-state index contributed by atoms with van der Waals surface area (Å²) in [6.45, 7) is 0.494. The highest BCUT2D eigenvalue weighted by Gasteiger charge is 2.06. The molecule has 1 amide bonds. The lowest BCUT2D eigenvalue weighted by molar-refractivity contribution is -0.121. The highest BCUT2D eigenvalue weighted by molar-refractivity contribution is 5.76. The average Bonchev–Trinajstić information content (AvgIpc) is 2.58. The van der Waals surface area contributed by atoms with E-state index in [9.17, 15) is 4.79 Å². The van der Waals surface area contributed by atoms with Gasteiger partial charge in [-0.3, -0.25) is 9.78 Å². The summed E-state index contributed by atoms with van der Waals surface area (Å²) in [5.41, 5.74) is 1.99. The van der Waals surface area contributed by atoms with Crippen molar-refractivity contribution in [2.45, 2.75) is 19.4 Å². The third-order valence-corrected chi connectivity index (χ3v) is 3.26. The molecule has 0 fully saturated rings. The lowest BCUT2D eigenvalue weighted by Crippen LogP contribution is -2.23. The van der Waals surface area contributed by atoms with Gasteiger partial charge in [0.2, 0.25) is 5.91 Å². The number of benzene rings is 1. The Labute approximate surface area is 130 Å².